The first-order chi connectivity index (χ1) is 12.8. The van der Waals surface area contributed by atoms with Gasteiger partial charge in [-0.3, -0.25) is 10.1 Å². The monoisotopic (exact) mass is 375 g/mol. The second kappa shape index (κ2) is 6.04. The minimum Gasteiger partial charge on any atom is -0.396 e. The highest BCUT2D eigenvalue weighted by Gasteiger charge is 2.37. The third-order valence-corrected chi connectivity index (χ3v) is 4.11. The number of rotatable bonds is 3. The van der Waals surface area contributed by atoms with Gasteiger partial charge in [0.25, 0.3) is 0 Å². The molecule has 0 aliphatic rings. The molecule has 0 spiro atoms. The molecule has 4 aromatic rings. The molecule has 11 heteroatoms. The molecular formula is C16H12F3N7O. The van der Waals surface area contributed by atoms with E-state index < -0.39 is 11.9 Å². The van der Waals surface area contributed by atoms with Crippen LogP contribution in [0.25, 0.3) is 22.4 Å². The van der Waals surface area contributed by atoms with E-state index in [9.17, 15) is 13.2 Å². The van der Waals surface area contributed by atoms with Crippen LogP contribution in [0.1, 0.15) is 22.6 Å². The maximum Gasteiger partial charge on any atom is 0.435 e. The number of nitrogen functional groups attached to an aromatic ring is 1. The summed E-state index contributed by atoms with van der Waals surface area (Å²) < 4.78 is 43.9. The smallest absolute Gasteiger partial charge is 0.396 e. The molecule has 0 saturated heterocycles. The van der Waals surface area contributed by atoms with E-state index in [1.54, 1.807) is 19.1 Å². The molecule has 4 aromatic heterocycles. The summed E-state index contributed by atoms with van der Waals surface area (Å²) in [6, 6.07) is 4.81. The molecule has 4 rings (SSSR count). The van der Waals surface area contributed by atoms with Crippen molar-refractivity contribution in [3.05, 3.63) is 47.0 Å². The number of nitrogens with zero attached hydrogens (tertiary/aromatic N) is 5. The first-order valence-corrected chi connectivity index (χ1v) is 7.79. The van der Waals surface area contributed by atoms with Crippen LogP contribution in [0.5, 0.6) is 0 Å². The average molecular weight is 375 g/mol. The largest absolute Gasteiger partial charge is 0.435 e. The minimum atomic E-state index is -4.58. The number of hydrogen-bond acceptors (Lipinski definition) is 7. The van der Waals surface area contributed by atoms with Gasteiger partial charge in [0.2, 0.25) is 5.65 Å². The normalized spacial score (nSPS) is 12.0. The Bertz CT molecular complexity index is 1130. The molecule has 0 atom stereocenters. The zero-order valence-electron chi connectivity index (χ0n) is 13.9. The predicted molar refractivity (Wildman–Crippen MR) is 88.4 cm³/mol. The van der Waals surface area contributed by atoms with Crippen LogP contribution in [0.15, 0.2) is 29.0 Å². The second-order valence-corrected chi connectivity index (χ2v) is 5.86. The van der Waals surface area contributed by atoms with Crippen molar-refractivity contribution in [3.63, 3.8) is 0 Å². The number of aryl methyl sites for hydroxylation is 1. The predicted octanol–water partition coefficient (Wildman–Crippen LogP) is 2.90. The number of alkyl halides is 3. The van der Waals surface area contributed by atoms with Crippen LogP contribution < -0.4 is 5.73 Å². The molecule has 138 valence electrons. The molecule has 4 heterocycles. The van der Waals surface area contributed by atoms with Gasteiger partial charge in [-0.2, -0.15) is 18.3 Å². The van der Waals surface area contributed by atoms with Gasteiger partial charge in [0, 0.05) is 29.6 Å². The van der Waals surface area contributed by atoms with Gasteiger partial charge in [-0.05, 0) is 29.4 Å². The summed E-state index contributed by atoms with van der Waals surface area (Å²) >= 11 is 0. The molecule has 0 saturated carbocycles. The lowest BCUT2D eigenvalue weighted by Crippen LogP contribution is -2.08. The number of anilines is 1. The number of pyridine rings is 2. The average Bonchev–Trinajstić information content (AvgIpc) is 3.27. The quantitative estimate of drug-likeness (QED) is 0.565. The first kappa shape index (κ1) is 16.9. The van der Waals surface area contributed by atoms with Gasteiger partial charge in [-0.15, -0.1) is 0 Å². The molecule has 0 unspecified atom stereocenters. The Hall–Kier alpha value is -3.50. The topological polar surface area (TPSA) is 119 Å². The van der Waals surface area contributed by atoms with Crippen molar-refractivity contribution in [1.29, 1.82) is 0 Å². The molecule has 3 N–H and O–H groups in total. The summed E-state index contributed by atoms with van der Waals surface area (Å²) in [5, 5.41) is 12.9. The van der Waals surface area contributed by atoms with Gasteiger partial charge >= 0.3 is 6.18 Å². The summed E-state index contributed by atoms with van der Waals surface area (Å²) in [6.07, 6.45) is -3.15. The van der Waals surface area contributed by atoms with Crippen LogP contribution in [-0.4, -0.2) is 30.5 Å². The molecule has 0 aromatic carbocycles. The van der Waals surface area contributed by atoms with Crippen molar-refractivity contribution in [1.82, 2.24) is 30.5 Å². The molecule has 27 heavy (non-hydrogen) atoms. The molecule has 0 radical (unpaired) electrons. The summed E-state index contributed by atoms with van der Waals surface area (Å²) in [6.45, 7) is 1.75. The zero-order valence-corrected chi connectivity index (χ0v) is 13.9. The van der Waals surface area contributed by atoms with E-state index in [0.29, 0.717) is 33.8 Å². The third-order valence-electron chi connectivity index (χ3n) is 4.11. The number of aromatic nitrogens is 6. The Kier molecular flexibility index (Phi) is 3.79. The fourth-order valence-electron chi connectivity index (χ4n) is 2.82. The highest BCUT2D eigenvalue weighted by atomic mass is 19.4. The molecule has 0 fully saturated rings. The molecular weight excluding hydrogens is 363 g/mol. The molecule has 0 bridgehead atoms. The Morgan fingerprint density at radius 3 is 2.78 bits per heavy atom. The van der Waals surface area contributed by atoms with Crippen molar-refractivity contribution in [2.45, 2.75) is 19.5 Å². The van der Waals surface area contributed by atoms with E-state index in [0.717, 1.165) is 0 Å². The fraction of sp³-hybridized carbons (Fsp3) is 0.188. The van der Waals surface area contributed by atoms with Gasteiger partial charge in [0.1, 0.15) is 0 Å². The zero-order chi connectivity index (χ0) is 19.2. The molecule has 8 nitrogen and oxygen atoms in total. The van der Waals surface area contributed by atoms with E-state index in [4.69, 9.17) is 5.73 Å². The number of fused-ring (bicyclic) bond motifs is 1. The van der Waals surface area contributed by atoms with Gasteiger partial charge in [0.15, 0.2) is 11.2 Å². The molecule has 0 amide bonds. The standard InChI is InChI=1S/C16H12F3N7O/c1-7-9(12(20)13-15(22-7)26-27-25-13)5-8-3-2-4-11(23-8)10-6-21-24-14(10)16(17,18)19/h2-4,6H,5,20H2,1H3,(H,21,24). The van der Waals surface area contributed by atoms with Crippen LogP contribution in [0.3, 0.4) is 0 Å². The number of halogens is 3. The maximum atomic E-state index is 13.1. The van der Waals surface area contributed by atoms with E-state index in [-0.39, 0.29) is 17.7 Å². The lowest BCUT2D eigenvalue weighted by Gasteiger charge is -2.10. The Morgan fingerprint density at radius 2 is 2.00 bits per heavy atom. The van der Waals surface area contributed by atoms with Crippen LogP contribution in [0.4, 0.5) is 18.9 Å². The van der Waals surface area contributed by atoms with Gasteiger partial charge in [-0.1, -0.05) is 6.07 Å². The van der Waals surface area contributed by atoms with E-state index >= 15 is 0 Å². The third kappa shape index (κ3) is 2.96. The van der Waals surface area contributed by atoms with Gasteiger partial charge in [0.05, 0.1) is 16.9 Å². The second-order valence-electron chi connectivity index (χ2n) is 5.86. The van der Waals surface area contributed by atoms with Crippen molar-refractivity contribution in [3.8, 4) is 11.3 Å². The number of hydrogen-bond donors (Lipinski definition) is 2. The Balaban J connectivity index is 1.74. The Labute approximate surface area is 149 Å². The molecule has 0 aliphatic carbocycles. The maximum absolute atomic E-state index is 13.1. The number of H-pyrrole nitrogens is 1. The van der Waals surface area contributed by atoms with E-state index in [1.807, 2.05) is 0 Å². The Morgan fingerprint density at radius 1 is 1.19 bits per heavy atom. The highest BCUT2D eigenvalue weighted by molar-refractivity contribution is 5.85. The summed E-state index contributed by atoms with van der Waals surface area (Å²) in [4.78, 5) is 8.60. The number of nitrogens with one attached hydrogen (secondary N) is 1. The van der Waals surface area contributed by atoms with Crippen LogP contribution in [0.2, 0.25) is 0 Å². The minimum absolute atomic E-state index is 0.122. The van der Waals surface area contributed by atoms with E-state index in [2.05, 4.69) is 35.1 Å². The van der Waals surface area contributed by atoms with Crippen molar-refractivity contribution >= 4 is 16.9 Å². The van der Waals surface area contributed by atoms with Crippen molar-refractivity contribution < 1.29 is 17.8 Å². The lowest BCUT2D eigenvalue weighted by atomic mass is 10.0. The summed E-state index contributed by atoms with van der Waals surface area (Å²) in [7, 11) is 0. The number of aromatic amines is 1. The summed E-state index contributed by atoms with van der Waals surface area (Å²) in [5.41, 5.74) is 7.93. The molecule has 0 aliphatic heterocycles. The number of nitrogens with two attached hydrogens (primary N) is 1. The SMILES string of the molecule is Cc1nc2nonc2c(N)c1Cc1cccc(-c2c[nH]nc2C(F)(F)F)n1. The fourth-order valence-corrected chi connectivity index (χ4v) is 2.82. The van der Waals surface area contributed by atoms with Crippen LogP contribution >= 0.6 is 0 Å². The van der Waals surface area contributed by atoms with Gasteiger partial charge < -0.3 is 5.73 Å². The van der Waals surface area contributed by atoms with Crippen molar-refractivity contribution in [2.75, 3.05) is 5.73 Å². The van der Waals surface area contributed by atoms with Crippen LogP contribution in [0, 0.1) is 6.92 Å². The van der Waals surface area contributed by atoms with Crippen LogP contribution in [-0.2, 0) is 12.6 Å². The lowest BCUT2D eigenvalue weighted by molar-refractivity contribution is -0.140. The van der Waals surface area contributed by atoms with Crippen molar-refractivity contribution in [2.24, 2.45) is 0 Å². The van der Waals surface area contributed by atoms with E-state index in [1.165, 1.54) is 12.3 Å². The van der Waals surface area contributed by atoms with Gasteiger partial charge in [-0.25, -0.2) is 9.61 Å². The first-order valence-electron chi connectivity index (χ1n) is 7.79. The summed E-state index contributed by atoms with van der Waals surface area (Å²) in [5.74, 6) is 0. The highest BCUT2D eigenvalue weighted by Crippen LogP contribution is 2.35.